The highest BCUT2D eigenvalue weighted by atomic mass is 19.1. The average Bonchev–Trinajstić information content (AvgIpc) is 3.78. The molecule has 0 bridgehead atoms. The molecule has 9 heteroatoms. The molecule has 2 saturated heterocycles. The van der Waals surface area contributed by atoms with E-state index in [0.29, 0.717) is 33.6 Å². The van der Waals surface area contributed by atoms with Gasteiger partial charge in [-0.2, -0.15) is 0 Å². The van der Waals surface area contributed by atoms with Gasteiger partial charge in [-0.1, -0.05) is 12.1 Å². The van der Waals surface area contributed by atoms with E-state index in [1.807, 2.05) is 25.7 Å². The highest BCUT2D eigenvalue weighted by molar-refractivity contribution is 6.35. The van der Waals surface area contributed by atoms with Gasteiger partial charge in [-0.05, 0) is 107 Å². The summed E-state index contributed by atoms with van der Waals surface area (Å²) in [5, 5.41) is 5.83. The van der Waals surface area contributed by atoms with E-state index in [1.54, 1.807) is 36.4 Å². The monoisotopic (exact) mass is 583 g/mol. The lowest BCUT2D eigenvalue weighted by Crippen LogP contribution is -2.42. The summed E-state index contributed by atoms with van der Waals surface area (Å²) < 4.78 is 13.3. The number of hydrogen-bond acceptors (Lipinski definition) is 4. The molecule has 3 N–H and O–H groups in total. The van der Waals surface area contributed by atoms with Gasteiger partial charge >= 0.3 is 0 Å². The molecule has 0 spiro atoms. The van der Waals surface area contributed by atoms with Gasteiger partial charge in [-0.15, -0.1) is 0 Å². The van der Waals surface area contributed by atoms with Crippen molar-refractivity contribution in [3.8, 4) is 0 Å². The largest absolute Gasteiger partial charge is 0.358 e. The molecule has 6 rings (SSSR count). The third kappa shape index (κ3) is 5.73. The van der Waals surface area contributed by atoms with Crippen molar-refractivity contribution in [2.75, 3.05) is 31.5 Å². The summed E-state index contributed by atoms with van der Waals surface area (Å²) in [5.41, 5.74) is 5.82. The van der Waals surface area contributed by atoms with Crippen LogP contribution in [0.15, 0.2) is 42.5 Å². The smallest absolute Gasteiger partial charge is 0.256 e. The number of halogens is 1. The number of aromatic amines is 1. The Balaban J connectivity index is 1.23. The molecular weight excluding hydrogens is 545 g/mol. The molecule has 8 nitrogen and oxygen atoms in total. The van der Waals surface area contributed by atoms with Crippen molar-refractivity contribution in [3.63, 3.8) is 0 Å². The Morgan fingerprint density at radius 1 is 1.07 bits per heavy atom. The fraction of sp³-hybridized carbons (Fsp3) is 0.382. The summed E-state index contributed by atoms with van der Waals surface area (Å²) >= 11 is 0. The topological polar surface area (TPSA) is 97.5 Å². The number of nitrogens with one attached hydrogen (secondary N) is 3. The Kier molecular flexibility index (Phi) is 7.92. The first-order valence-corrected chi connectivity index (χ1v) is 15.2. The maximum atomic E-state index is 13.8. The Morgan fingerprint density at radius 2 is 1.81 bits per heavy atom. The Morgan fingerprint density at radius 3 is 2.56 bits per heavy atom. The fourth-order valence-corrected chi connectivity index (χ4v) is 6.67. The van der Waals surface area contributed by atoms with Gasteiger partial charge in [0.15, 0.2) is 0 Å². The van der Waals surface area contributed by atoms with Gasteiger partial charge in [0, 0.05) is 47.3 Å². The van der Waals surface area contributed by atoms with E-state index < -0.39 is 0 Å². The summed E-state index contributed by atoms with van der Waals surface area (Å²) in [7, 11) is 0. The minimum absolute atomic E-state index is 0.0445. The number of benzene rings is 2. The van der Waals surface area contributed by atoms with Gasteiger partial charge in [0.2, 0.25) is 0 Å². The molecule has 0 unspecified atom stereocenters. The van der Waals surface area contributed by atoms with Gasteiger partial charge in [0.1, 0.15) is 5.82 Å². The van der Waals surface area contributed by atoms with Crippen LogP contribution >= 0.6 is 0 Å². The maximum absolute atomic E-state index is 13.8. The van der Waals surface area contributed by atoms with E-state index in [4.69, 9.17) is 0 Å². The lowest BCUT2D eigenvalue weighted by Gasteiger charge is -2.28. The number of rotatable bonds is 7. The molecule has 43 heavy (non-hydrogen) atoms. The highest BCUT2D eigenvalue weighted by Gasteiger charge is 2.34. The molecule has 3 aliphatic heterocycles. The van der Waals surface area contributed by atoms with Crippen LogP contribution in [0, 0.1) is 19.7 Å². The standard InChI is InChI=1S/C34H38FN5O3/c1-20-30(36-22(3)31(20)34(43)40-16-6-7-26(40)19-39-14-4-5-15-39)18-28-27-17-24(10-13-29(27)38-33(28)42)32(41)37-21(2)23-8-11-25(35)12-9-23/h8-13,17-18,21,26,36H,4-7,14-16,19H2,1-3H3,(H,37,41)(H,38,42)/t21-,26+/m0/s1. The lowest BCUT2D eigenvalue weighted by atomic mass is 10.0. The van der Waals surface area contributed by atoms with E-state index in [1.165, 1.54) is 25.0 Å². The first-order chi connectivity index (χ1) is 20.7. The fourth-order valence-electron chi connectivity index (χ4n) is 6.67. The Labute approximate surface area is 251 Å². The molecule has 2 fully saturated rings. The number of aromatic nitrogens is 1. The van der Waals surface area contributed by atoms with Crippen LogP contribution in [0.3, 0.4) is 0 Å². The van der Waals surface area contributed by atoms with Crippen LogP contribution in [0.5, 0.6) is 0 Å². The van der Waals surface area contributed by atoms with Gasteiger partial charge in [-0.3, -0.25) is 14.4 Å². The Hall–Kier alpha value is -4.24. The number of hydrogen-bond donors (Lipinski definition) is 3. The minimum Gasteiger partial charge on any atom is -0.358 e. The molecule has 3 aromatic rings. The van der Waals surface area contributed by atoms with Gasteiger partial charge in [0.25, 0.3) is 17.7 Å². The van der Waals surface area contributed by atoms with Crippen LogP contribution in [0.2, 0.25) is 0 Å². The van der Waals surface area contributed by atoms with Crippen molar-refractivity contribution in [3.05, 3.63) is 87.5 Å². The van der Waals surface area contributed by atoms with Crippen LogP contribution in [0.25, 0.3) is 11.6 Å². The van der Waals surface area contributed by atoms with Crippen molar-refractivity contribution >= 4 is 35.1 Å². The number of aryl methyl sites for hydroxylation is 1. The SMILES string of the molecule is Cc1[nH]c(C=C2C(=O)Nc3ccc(C(=O)N[C@@H](C)c4ccc(F)cc4)cc32)c(C)c1C(=O)N1CCC[C@@H]1CN1CCCC1. The minimum atomic E-state index is -0.334. The summed E-state index contributed by atoms with van der Waals surface area (Å²) in [4.78, 5) is 47.9. The van der Waals surface area contributed by atoms with Crippen molar-refractivity contribution in [2.45, 2.75) is 58.5 Å². The molecule has 1 aromatic heterocycles. The zero-order chi connectivity index (χ0) is 30.2. The number of carbonyl (C=O) groups is 3. The summed E-state index contributed by atoms with van der Waals surface area (Å²) in [6, 6.07) is 11.0. The number of likely N-dealkylation sites (tertiary alicyclic amines) is 2. The summed E-state index contributed by atoms with van der Waals surface area (Å²) in [6.07, 6.45) is 6.27. The van der Waals surface area contributed by atoms with Crippen molar-refractivity contribution in [1.82, 2.24) is 20.1 Å². The van der Waals surface area contributed by atoms with Crippen molar-refractivity contribution < 1.29 is 18.8 Å². The highest BCUT2D eigenvalue weighted by Crippen LogP contribution is 2.35. The first kappa shape index (κ1) is 28.9. The zero-order valence-corrected chi connectivity index (χ0v) is 24.9. The van der Waals surface area contributed by atoms with Crippen LogP contribution in [0.4, 0.5) is 10.1 Å². The van der Waals surface area contributed by atoms with Gasteiger partial charge in [-0.25, -0.2) is 4.39 Å². The molecule has 0 radical (unpaired) electrons. The molecule has 4 heterocycles. The number of H-pyrrole nitrogens is 1. The second-order valence-electron chi connectivity index (χ2n) is 12.0. The van der Waals surface area contributed by atoms with E-state index in [2.05, 4.69) is 20.5 Å². The average molecular weight is 584 g/mol. The van der Waals surface area contributed by atoms with Crippen LogP contribution in [0.1, 0.15) is 87.4 Å². The summed E-state index contributed by atoms with van der Waals surface area (Å²) in [6.45, 7) is 9.57. The number of fused-ring (bicyclic) bond motifs is 1. The van der Waals surface area contributed by atoms with E-state index >= 15 is 0 Å². The predicted molar refractivity (Wildman–Crippen MR) is 165 cm³/mol. The molecule has 3 aliphatic rings. The van der Waals surface area contributed by atoms with Crippen LogP contribution in [-0.2, 0) is 4.79 Å². The van der Waals surface area contributed by atoms with Gasteiger partial charge in [0.05, 0.1) is 17.2 Å². The third-order valence-corrected chi connectivity index (χ3v) is 9.07. The normalized spacial score (nSPS) is 20.0. The molecule has 224 valence electrons. The molecule has 2 aromatic carbocycles. The second-order valence-corrected chi connectivity index (χ2v) is 12.0. The van der Waals surface area contributed by atoms with Crippen molar-refractivity contribution in [2.24, 2.45) is 0 Å². The maximum Gasteiger partial charge on any atom is 0.256 e. The molecule has 3 amide bonds. The number of carbonyl (C=O) groups excluding carboxylic acids is 3. The van der Waals surface area contributed by atoms with Crippen LogP contribution < -0.4 is 10.6 Å². The zero-order valence-electron chi connectivity index (χ0n) is 24.9. The molecule has 0 aliphatic carbocycles. The first-order valence-electron chi connectivity index (χ1n) is 15.2. The van der Waals surface area contributed by atoms with Crippen LogP contribution in [-0.4, -0.2) is 64.7 Å². The van der Waals surface area contributed by atoms with E-state index in [0.717, 1.165) is 55.8 Å². The quantitative estimate of drug-likeness (QED) is 0.322. The third-order valence-electron chi connectivity index (χ3n) is 9.07. The number of amides is 3. The van der Waals surface area contributed by atoms with E-state index in [-0.39, 0.29) is 35.6 Å². The molecule has 2 atom stereocenters. The van der Waals surface area contributed by atoms with Crippen molar-refractivity contribution in [1.29, 1.82) is 0 Å². The Bertz CT molecular complexity index is 1600. The lowest BCUT2D eigenvalue weighted by molar-refractivity contribution is -0.110. The number of anilines is 1. The van der Waals surface area contributed by atoms with E-state index in [9.17, 15) is 18.8 Å². The summed E-state index contributed by atoms with van der Waals surface area (Å²) in [5.74, 6) is -0.855. The van der Waals surface area contributed by atoms with Gasteiger partial charge < -0.3 is 25.4 Å². The predicted octanol–water partition coefficient (Wildman–Crippen LogP) is 5.45. The second kappa shape index (κ2) is 11.8. The number of nitrogens with zero attached hydrogens (tertiary/aromatic N) is 2. The molecular formula is C34H38FN5O3. The molecule has 0 saturated carbocycles.